The molecule has 0 amide bonds. The van der Waals surface area contributed by atoms with E-state index in [-0.39, 0.29) is 0 Å². The second-order valence-corrected chi connectivity index (χ2v) is 4.03. The highest BCUT2D eigenvalue weighted by molar-refractivity contribution is 5.79. The molecule has 112 valence electrons. The topological polar surface area (TPSA) is 67.8 Å². The standard InChI is InChI=1S/C14H24N4O2/c1-4-15-14(17-8-9-20-5-2)18-11-12-6-7-16-13(10-12)19-3/h6-7,10H,4-5,8-9,11H2,1-3H3,(H2,15,17,18). The molecule has 6 nitrogen and oxygen atoms in total. The van der Waals surface area contributed by atoms with Gasteiger partial charge in [-0.1, -0.05) is 0 Å². The lowest BCUT2D eigenvalue weighted by Gasteiger charge is -2.11. The minimum atomic E-state index is 0.572. The van der Waals surface area contributed by atoms with E-state index in [0.29, 0.717) is 19.0 Å². The molecule has 1 aromatic rings. The summed E-state index contributed by atoms with van der Waals surface area (Å²) in [5.74, 6) is 1.38. The van der Waals surface area contributed by atoms with Crippen molar-refractivity contribution >= 4 is 5.96 Å². The third-order valence-corrected chi connectivity index (χ3v) is 2.52. The summed E-state index contributed by atoms with van der Waals surface area (Å²) >= 11 is 0. The highest BCUT2D eigenvalue weighted by Gasteiger charge is 1.99. The van der Waals surface area contributed by atoms with Crippen LogP contribution in [-0.2, 0) is 11.3 Å². The molecule has 6 heteroatoms. The van der Waals surface area contributed by atoms with Crippen LogP contribution in [0.4, 0.5) is 0 Å². The van der Waals surface area contributed by atoms with Gasteiger partial charge < -0.3 is 20.1 Å². The minimum Gasteiger partial charge on any atom is -0.481 e. The summed E-state index contributed by atoms with van der Waals surface area (Å²) in [6.07, 6.45) is 1.72. The molecule has 0 bridgehead atoms. The first-order chi connectivity index (χ1) is 9.80. The molecule has 2 N–H and O–H groups in total. The van der Waals surface area contributed by atoms with Gasteiger partial charge in [0.25, 0.3) is 0 Å². The monoisotopic (exact) mass is 280 g/mol. The predicted octanol–water partition coefficient (Wildman–Crippen LogP) is 1.18. The van der Waals surface area contributed by atoms with Crippen LogP contribution in [0.5, 0.6) is 5.88 Å². The van der Waals surface area contributed by atoms with Crippen molar-refractivity contribution < 1.29 is 9.47 Å². The number of aromatic nitrogens is 1. The molecule has 20 heavy (non-hydrogen) atoms. The SMILES string of the molecule is CCNC(=NCc1ccnc(OC)c1)NCCOCC. The molecular formula is C14H24N4O2. The van der Waals surface area contributed by atoms with Crippen molar-refractivity contribution in [2.75, 3.05) is 33.4 Å². The molecule has 0 unspecified atom stereocenters. The number of nitrogens with one attached hydrogen (secondary N) is 2. The lowest BCUT2D eigenvalue weighted by atomic mass is 10.3. The van der Waals surface area contributed by atoms with Gasteiger partial charge in [-0.05, 0) is 25.5 Å². The van der Waals surface area contributed by atoms with Crippen LogP contribution in [0.25, 0.3) is 0 Å². The first-order valence-corrected chi connectivity index (χ1v) is 6.89. The molecule has 0 aliphatic carbocycles. The normalized spacial score (nSPS) is 11.2. The maximum absolute atomic E-state index is 5.29. The van der Waals surface area contributed by atoms with Crippen LogP contribution < -0.4 is 15.4 Å². The Bertz CT molecular complexity index is 410. The van der Waals surface area contributed by atoms with E-state index in [1.165, 1.54) is 0 Å². The van der Waals surface area contributed by atoms with E-state index in [9.17, 15) is 0 Å². The van der Waals surface area contributed by atoms with E-state index in [4.69, 9.17) is 9.47 Å². The van der Waals surface area contributed by atoms with Gasteiger partial charge in [0.05, 0.1) is 20.3 Å². The van der Waals surface area contributed by atoms with Crippen LogP contribution >= 0.6 is 0 Å². The number of aliphatic imine (C=N–C) groups is 1. The summed E-state index contributed by atoms with van der Waals surface area (Å²) in [5.41, 5.74) is 1.05. The lowest BCUT2D eigenvalue weighted by molar-refractivity contribution is 0.152. The first kappa shape index (κ1) is 16.2. The molecule has 0 radical (unpaired) electrons. The van der Waals surface area contributed by atoms with Crippen LogP contribution in [-0.4, -0.2) is 44.4 Å². The van der Waals surface area contributed by atoms with Crippen molar-refractivity contribution in [1.29, 1.82) is 0 Å². The number of rotatable bonds is 8. The molecule has 1 heterocycles. The van der Waals surface area contributed by atoms with Gasteiger partial charge in [0, 0.05) is 32.0 Å². The van der Waals surface area contributed by atoms with E-state index in [1.807, 2.05) is 26.0 Å². The molecule has 0 spiro atoms. The van der Waals surface area contributed by atoms with Gasteiger partial charge in [-0.15, -0.1) is 0 Å². The fourth-order valence-corrected chi connectivity index (χ4v) is 1.56. The van der Waals surface area contributed by atoms with Gasteiger partial charge in [0.15, 0.2) is 5.96 Å². The van der Waals surface area contributed by atoms with Crippen molar-refractivity contribution in [3.8, 4) is 5.88 Å². The Morgan fingerprint density at radius 3 is 2.90 bits per heavy atom. The van der Waals surface area contributed by atoms with Gasteiger partial charge in [-0.3, -0.25) is 0 Å². The number of pyridine rings is 1. The Morgan fingerprint density at radius 1 is 1.35 bits per heavy atom. The van der Waals surface area contributed by atoms with Gasteiger partial charge >= 0.3 is 0 Å². The van der Waals surface area contributed by atoms with Crippen LogP contribution in [0.2, 0.25) is 0 Å². The maximum atomic E-state index is 5.29. The Labute approximate surface area is 120 Å². The molecule has 0 fully saturated rings. The summed E-state index contributed by atoms with van der Waals surface area (Å²) in [6, 6.07) is 3.81. The van der Waals surface area contributed by atoms with E-state index in [2.05, 4.69) is 20.6 Å². The molecule has 0 aliphatic heterocycles. The van der Waals surface area contributed by atoms with Gasteiger partial charge in [0.2, 0.25) is 5.88 Å². The van der Waals surface area contributed by atoms with E-state index in [0.717, 1.165) is 31.2 Å². The Balaban J connectivity index is 2.52. The van der Waals surface area contributed by atoms with Crippen LogP contribution in [0.1, 0.15) is 19.4 Å². The second-order valence-electron chi connectivity index (χ2n) is 4.03. The highest BCUT2D eigenvalue weighted by Crippen LogP contribution is 2.09. The summed E-state index contributed by atoms with van der Waals surface area (Å²) in [4.78, 5) is 8.59. The molecule has 0 saturated carbocycles. The number of hydrogen-bond acceptors (Lipinski definition) is 4. The number of ether oxygens (including phenoxy) is 2. The molecule has 0 aromatic carbocycles. The van der Waals surface area contributed by atoms with Crippen molar-refractivity contribution in [1.82, 2.24) is 15.6 Å². The molecule has 0 aliphatic rings. The summed E-state index contributed by atoms with van der Waals surface area (Å²) < 4.78 is 10.4. The molecule has 1 aromatic heterocycles. The third kappa shape index (κ3) is 6.38. The quantitative estimate of drug-likeness (QED) is 0.425. The lowest BCUT2D eigenvalue weighted by Crippen LogP contribution is -2.39. The van der Waals surface area contributed by atoms with Gasteiger partial charge in [-0.2, -0.15) is 0 Å². The van der Waals surface area contributed by atoms with E-state index < -0.39 is 0 Å². The Hall–Kier alpha value is -1.82. The zero-order valence-corrected chi connectivity index (χ0v) is 12.5. The van der Waals surface area contributed by atoms with Crippen molar-refractivity contribution in [2.45, 2.75) is 20.4 Å². The molecular weight excluding hydrogens is 256 g/mol. The van der Waals surface area contributed by atoms with Crippen molar-refractivity contribution in [3.63, 3.8) is 0 Å². The predicted molar refractivity (Wildman–Crippen MR) is 80.1 cm³/mol. The summed E-state index contributed by atoms with van der Waals surface area (Å²) in [5, 5.41) is 6.42. The Morgan fingerprint density at radius 2 is 2.20 bits per heavy atom. The number of nitrogens with zero attached hydrogens (tertiary/aromatic N) is 2. The number of hydrogen-bond donors (Lipinski definition) is 2. The van der Waals surface area contributed by atoms with E-state index >= 15 is 0 Å². The first-order valence-electron chi connectivity index (χ1n) is 6.89. The smallest absolute Gasteiger partial charge is 0.213 e. The van der Waals surface area contributed by atoms with Crippen LogP contribution in [0, 0.1) is 0 Å². The summed E-state index contributed by atoms with van der Waals surface area (Å²) in [7, 11) is 1.61. The van der Waals surface area contributed by atoms with Crippen molar-refractivity contribution in [2.24, 2.45) is 4.99 Å². The maximum Gasteiger partial charge on any atom is 0.213 e. The highest BCUT2D eigenvalue weighted by atomic mass is 16.5. The second kappa shape index (κ2) is 10.0. The largest absolute Gasteiger partial charge is 0.481 e. The van der Waals surface area contributed by atoms with Crippen LogP contribution in [0.3, 0.4) is 0 Å². The van der Waals surface area contributed by atoms with Crippen LogP contribution in [0.15, 0.2) is 23.3 Å². The van der Waals surface area contributed by atoms with Crippen molar-refractivity contribution in [3.05, 3.63) is 23.9 Å². The zero-order chi connectivity index (χ0) is 14.6. The fraction of sp³-hybridized carbons (Fsp3) is 0.571. The number of methoxy groups -OCH3 is 1. The third-order valence-electron chi connectivity index (χ3n) is 2.52. The molecule has 1 rings (SSSR count). The van der Waals surface area contributed by atoms with E-state index in [1.54, 1.807) is 13.3 Å². The van der Waals surface area contributed by atoms with Gasteiger partial charge in [-0.25, -0.2) is 9.98 Å². The number of guanidine groups is 1. The average molecular weight is 280 g/mol. The minimum absolute atomic E-state index is 0.572. The summed E-state index contributed by atoms with van der Waals surface area (Å²) in [6.45, 7) is 7.55. The zero-order valence-electron chi connectivity index (χ0n) is 12.5. The fourth-order valence-electron chi connectivity index (χ4n) is 1.56. The Kier molecular flexibility index (Phi) is 8.14. The molecule has 0 atom stereocenters. The van der Waals surface area contributed by atoms with Gasteiger partial charge in [0.1, 0.15) is 0 Å². The molecule has 0 saturated heterocycles. The average Bonchev–Trinajstić information content (AvgIpc) is 2.49.